The summed E-state index contributed by atoms with van der Waals surface area (Å²) >= 11 is 0. The maximum Gasteiger partial charge on any atom is 0.0252 e. The molecule has 4 fully saturated rings. The zero-order valence-electron chi connectivity index (χ0n) is 12.8. The van der Waals surface area contributed by atoms with Gasteiger partial charge in [-0.3, -0.25) is 4.90 Å². The van der Waals surface area contributed by atoms with Crippen LogP contribution in [-0.4, -0.2) is 61.2 Å². The van der Waals surface area contributed by atoms with Gasteiger partial charge in [0.2, 0.25) is 0 Å². The lowest BCUT2D eigenvalue weighted by molar-refractivity contribution is -0.00484. The van der Waals surface area contributed by atoms with E-state index in [0.717, 1.165) is 23.9 Å². The van der Waals surface area contributed by atoms with Crippen LogP contribution < -0.4 is 5.32 Å². The number of piperidine rings is 3. The largest absolute Gasteiger partial charge is 0.314 e. The van der Waals surface area contributed by atoms with Crippen molar-refractivity contribution in [2.24, 2.45) is 11.8 Å². The molecule has 3 nitrogen and oxygen atoms in total. The fourth-order valence-corrected chi connectivity index (χ4v) is 4.34. The van der Waals surface area contributed by atoms with Gasteiger partial charge in [0.25, 0.3) is 0 Å². The van der Waals surface area contributed by atoms with Crippen LogP contribution in [0.25, 0.3) is 0 Å². The van der Waals surface area contributed by atoms with E-state index in [2.05, 4.69) is 29.0 Å². The standard InChI is InChI=1S/C16H31N3/c1-3-15-6-9-19(11-13(2)10-17-15)16-12-18-7-4-14(16)5-8-18/h13-17H,3-12H2,1-2H3. The predicted molar refractivity (Wildman–Crippen MR) is 80.4 cm³/mol. The third-order valence-corrected chi connectivity index (χ3v) is 5.65. The first-order chi connectivity index (χ1) is 9.26. The van der Waals surface area contributed by atoms with Gasteiger partial charge in [0, 0.05) is 25.2 Å². The van der Waals surface area contributed by atoms with Gasteiger partial charge in [0.1, 0.15) is 0 Å². The molecule has 0 aromatic carbocycles. The van der Waals surface area contributed by atoms with Crippen molar-refractivity contribution in [3.05, 3.63) is 0 Å². The first kappa shape index (κ1) is 13.8. The Labute approximate surface area is 118 Å². The van der Waals surface area contributed by atoms with Crippen LogP contribution in [-0.2, 0) is 0 Å². The molecule has 4 saturated heterocycles. The molecule has 0 amide bonds. The van der Waals surface area contributed by atoms with E-state index in [-0.39, 0.29) is 0 Å². The monoisotopic (exact) mass is 265 g/mol. The van der Waals surface area contributed by atoms with Gasteiger partial charge < -0.3 is 10.2 Å². The van der Waals surface area contributed by atoms with Gasteiger partial charge in [-0.05, 0) is 63.7 Å². The Morgan fingerprint density at radius 1 is 1.05 bits per heavy atom. The Balaban J connectivity index is 1.64. The summed E-state index contributed by atoms with van der Waals surface area (Å²) < 4.78 is 0. The molecule has 0 aromatic heterocycles. The highest BCUT2D eigenvalue weighted by Crippen LogP contribution is 2.31. The van der Waals surface area contributed by atoms with Crippen LogP contribution in [0.4, 0.5) is 0 Å². The number of hydrogen-bond donors (Lipinski definition) is 1. The Morgan fingerprint density at radius 2 is 1.84 bits per heavy atom. The van der Waals surface area contributed by atoms with Crippen LogP contribution in [0.3, 0.4) is 0 Å². The van der Waals surface area contributed by atoms with E-state index in [1.54, 1.807) is 0 Å². The number of hydrogen-bond acceptors (Lipinski definition) is 3. The molecule has 4 aliphatic heterocycles. The molecule has 0 aliphatic carbocycles. The molecule has 2 bridgehead atoms. The third kappa shape index (κ3) is 3.14. The lowest BCUT2D eigenvalue weighted by atomic mass is 9.82. The summed E-state index contributed by atoms with van der Waals surface area (Å²) in [5.41, 5.74) is 0. The Kier molecular flexibility index (Phi) is 4.45. The van der Waals surface area contributed by atoms with Crippen LogP contribution in [0.15, 0.2) is 0 Å². The molecule has 0 spiro atoms. The minimum atomic E-state index is 0.742. The minimum Gasteiger partial charge on any atom is -0.314 e. The third-order valence-electron chi connectivity index (χ3n) is 5.65. The maximum atomic E-state index is 3.74. The van der Waals surface area contributed by atoms with Crippen molar-refractivity contribution in [3.63, 3.8) is 0 Å². The topological polar surface area (TPSA) is 18.5 Å². The molecule has 4 aliphatic rings. The van der Waals surface area contributed by atoms with Crippen molar-refractivity contribution in [3.8, 4) is 0 Å². The van der Waals surface area contributed by atoms with Crippen molar-refractivity contribution in [2.75, 3.05) is 39.3 Å². The fourth-order valence-electron chi connectivity index (χ4n) is 4.34. The van der Waals surface area contributed by atoms with E-state index >= 15 is 0 Å². The molecular weight excluding hydrogens is 234 g/mol. The van der Waals surface area contributed by atoms with E-state index in [0.29, 0.717) is 0 Å². The van der Waals surface area contributed by atoms with Crippen LogP contribution >= 0.6 is 0 Å². The molecule has 4 rings (SSSR count). The summed E-state index contributed by atoms with van der Waals surface area (Å²) in [7, 11) is 0. The second-order valence-electron chi connectivity index (χ2n) is 7.11. The number of nitrogens with one attached hydrogen (secondary N) is 1. The highest BCUT2D eigenvalue weighted by atomic mass is 15.3. The molecule has 0 radical (unpaired) electrons. The van der Waals surface area contributed by atoms with Gasteiger partial charge in [-0.2, -0.15) is 0 Å². The van der Waals surface area contributed by atoms with Crippen LogP contribution in [0.5, 0.6) is 0 Å². The van der Waals surface area contributed by atoms with Crippen molar-refractivity contribution in [1.82, 2.24) is 15.1 Å². The molecule has 0 aromatic rings. The average Bonchev–Trinajstić information content (AvgIpc) is 2.44. The SMILES string of the molecule is CCC1CCN(C2CN3CCC2CC3)CC(C)CN1. The molecular formula is C16H31N3. The highest BCUT2D eigenvalue weighted by molar-refractivity contribution is 4.93. The van der Waals surface area contributed by atoms with Gasteiger partial charge in [-0.25, -0.2) is 0 Å². The summed E-state index contributed by atoms with van der Waals surface area (Å²) in [6.07, 6.45) is 5.52. The first-order valence-corrected chi connectivity index (χ1v) is 8.46. The van der Waals surface area contributed by atoms with Crippen LogP contribution in [0.1, 0.15) is 39.5 Å². The van der Waals surface area contributed by atoms with Crippen molar-refractivity contribution in [1.29, 1.82) is 0 Å². The van der Waals surface area contributed by atoms with Crippen LogP contribution in [0, 0.1) is 11.8 Å². The Morgan fingerprint density at radius 3 is 2.47 bits per heavy atom. The van der Waals surface area contributed by atoms with Crippen LogP contribution in [0.2, 0.25) is 0 Å². The molecule has 3 unspecified atom stereocenters. The highest BCUT2D eigenvalue weighted by Gasteiger charge is 2.38. The van der Waals surface area contributed by atoms with E-state index < -0.39 is 0 Å². The van der Waals surface area contributed by atoms with Crippen molar-refractivity contribution >= 4 is 0 Å². The number of fused-ring (bicyclic) bond motifs is 3. The summed E-state index contributed by atoms with van der Waals surface area (Å²) in [5, 5.41) is 3.74. The van der Waals surface area contributed by atoms with Gasteiger partial charge in [0.05, 0.1) is 0 Å². The first-order valence-electron chi connectivity index (χ1n) is 8.46. The lowest BCUT2D eigenvalue weighted by Gasteiger charge is -2.50. The number of nitrogens with zero attached hydrogens (tertiary/aromatic N) is 2. The quantitative estimate of drug-likeness (QED) is 0.821. The van der Waals surface area contributed by atoms with Gasteiger partial charge in [-0.1, -0.05) is 13.8 Å². The normalized spacial score (nSPS) is 44.8. The molecule has 3 heteroatoms. The smallest absolute Gasteiger partial charge is 0.0252 e. The van der Waals surface area contributed by atoms with E-state index in [1.165, 1.54) is 65.0 Å². The Bertz CT molecular complexity index is 286. The molecule has 0 saturated carbocycles. The number of rotatable bonds is 2. The van der Waals surface area contributed by atoms with Gasteiger partial charge in [0.15, 0.2) is 0 Å². The van der Waals surface area contributed by atoms with Gasteiger partial charge in [-0.15, -0.1) is 0 Å². The summed E-state index contributed by atoms with van der Waals surface area (Å²) in [6.45, 7) is 12.6. The Hall–Kier alpha value is -0.120. The summed E-state index contributed by atoms with van der Waals surface area (Å²) in [6, 6.07) is 1.60. The molecule has 110 valence electrons. The lowest BCUT2D eigenvalue weighted by Crippen LogP contribution is -2.59. The zero-order chi connectivity index (χ0) is 13.2. The average molecular weight is 265 g/mol. The predicted octanol–water partition coefficient (Wildman–Crippen LogP) is 1.79. The molecule has 1 N–H and O–H groups in total. The maximum absolute atomic E-state index is 3.74. The molecule has 4 heterocycles. The second kappa shape index (κ2) is 6.11. The molecule has 19 heavy (non-hydrogen) atoms. The van der Waals surface area contributed by atoms with E-state index in [4.69, 9.17) is 0 Å². The second-order valence-corrected chi connectivity index (χ2v) is 7.11. The van der Waals surface area contributed by atoms with Crippen molar-refractivity contribution in [2.45, 2.75) is 51.6 Å². The van der Waals surface area contributed by atoms with Crippen molar-refractivity contribution < 1.29 is 0 Å². The van der Waals surface area contributed by atoms with E-state index in [1.807, 2.05) is 0 Å². The fraction of sp³-hybridized carbons (Fsp3) is 1.00. The van der Waals surface area contributed by atoms with Gasteiger partial charge >= 0.3 is 0 Å². The minimum absolute atomic E-state index is 0.742. The molecule has 3 atom stereocenters. The summed E-state index contributed by atoms with van der Waals surface area (Å²) in [4.78, 5) is 5.55. The zero-order valence-corrected chi connectivity index (χ0v) is 12.8. The summed E-state index contributed by atoms with van der Waals surface area (Å²) in [5.74, 6) is 1.79. The van der Waals surface area contributed by atoms with E-state index in [9.17, 15) is 0 Å².